The largest absolute Gasteiger partial charge is 0.445 e. The summed E-state index contributed by atoms with van der Waals surface area (Å²) in [6.45, 7) is 4.09. The van der Waals surface area contributed by atoms with E-state index in [4.69, 9.17) is 4.74 Å². The predicted octanol–water partition coefficient (Wildman–Crippen LogP) is 5.19. The number of para-hydroxylation sites is 1. The minimum Gasteiger partial charge on any atom is -0.445 e. The Balaban J connectivity index is 1.48. The molecule has 2 unspecified atom stereocenters. The van der Waals surface area contributed by atoms with Crippen LogP contribution in [0, 0.1) is 6.92 Å². The summed E-state index contributed by atoms with van der Waals surface area (Å²) >= 11 is 0. The minimum atomic E-state index is -0.796. The van der Waals surface area contributed by atoms with Crippen molar-refractivity contribution in [3.8, 4) is 0 Å². The number of carbonyl (C=O) groups is 2. The number of hydrogen-bond donors (Lipinski definition) is 3. The molecule has 3 N–H and O–H groups in total. The molecule has 0 saturated carbocycles. The number of carbonyl (C=O) groups excluding carboxylic acids is 2. The van der Waals surface area contributed by atoms with Gasteiger partial charge in [-0.05, 0) is 36.6 Å². The van der Waals surface area contributed by atoms with Crippen molar-refractivity contribution in [2.24, 2.45) is 0 Å². The number of ether oxygens (including phenoxy) is 1. The van der Waals surface area contributed by atoms with Gasteiger partial charge in [-0.2, -0.15) is 0 Å². The Labute approximate surface area is 199 Å². The van der Waals surface area contributed by atoms with Crippen molar-refractivity contribution in [3.63, 3.8) is 0 Å². The molecule has 6 nitrogen and oxygen atoms in total. The number of amides is 2. The lowest BCUT2D eigenvalue weighted by molar-refractivity contribution is -0.123. The summed E-state index contributed by atoms with van der Waals surface area (Å²) in [5, 5.41) is 6.82. The second kappa shape index (κ2) is 10.7. The van der Waals surface area contributed by atoms with E-state index >= 15 is 0 Å². The first-order valence-electron chi connectivity index (χ1n) is 11.4. The van der Waals surface area contributed by atoms with Gasteiger partial charge in [-0.15, -0.1) is 0 Å². The third-order valence-corrected chi connectivity index (χ3v) is 5.86. The van der Waals surface area contributed by atoms with Crippen molar-refractivity contribution in [2.75, 3.05) is 0 Å². The average molecular weight is 456 g/mol. The Kier molecular flexibility index (Phi) is 7.28. The lowest BCUT2D eigenvalue weighted by Crippen LogP contribution is -2.48. The summed E-state index contributed by atoms with van der Waals surface area (Å²) in [7, 11) is 0. The van der Waals surface area contributed by atoms with Crippen LogP contribution in [0.1, 0.15) is 35.2 Å². The fraction of sp³-hybridized carbons (Fsp3) is 0.214. The molecule has 1 aromatic heterocycles. The molecule has 2 atom stereocenters. The molecule has 0 bridgehead atoms. The summed E-state index contributed by atoms with van der Waals surface area (Å²) in [6.07, 6.45) is 1.58. The lowest BCUT2D eigenvalue weighted by Gasteiger charge is -2.21. The SMILES string of the molecule is Cc1ccc(C(C)NC(=O)C(Cc2c[nH]c3ccccc23)NC(=O)OCc2ccccc2)cc1. The summed E-state index contributed by atoms with van der Waals surface area (Å²) in [6, 6.07) is 24.3. The third-order valence-electron chi connectivity index (χ3n) is 5.86. The van der Waals surface area contributed by atoms with Gasteiger partial charge in [-0.3, -0.25) is 4.79 Å². The molecule has 0 spiro atoms. The number of aromatic nitrogens is 1. The number of aromatic amines is 1. The van der Waals surface area contributed by atoms with E-state index in [-0.39, 0.29) is 18.6 Å². The maximum absolute atomic E-state index is 13.3. The summed E-state index contributed by atoms with van der Waals surface area (Å²) in [5.41, 5.74) is 4.96. The molecule has 2 amide bonds. The molecule has 0 aliphatic carbocycles. The molecular formula is C28H29N3O3. The van der Waals surface area contributed by atoms with E-state index in [0.717, 1.165) is 33.2 Å². The van der Waals surface area contributed by atoms with Gasteiger partial charge in [0.1, 0.15) is 12.6 Å². The number of nitrogens with one attached hydrogen (secondary N) is 3. The van der Waals surface area contributed by atoms with Crippen LogP contribution in [0.25, 0.3) is 10.9 Å². The molecular weight excluding hydrogens is 426 g/mol. The van der Waals surface area contributed by atoms with Crippen LogP contribution in [-0.2, 0) is 22.6 Å². The zero-order valence-corrected chi connectivity index (χ0v) is 19.4. The highest BCUT2D eigenvalue weighted by Gasteiger charge is 2.25. The molecule has 1 heterocycles. The van der Waals surface area contributed by atoms with Gasteiger partial charge in [0.25, 0.3) is 0 Å². The summed E-state index contributed by atoms with van der Waals surface area (Å²) in [5.74, 6) is -0.269. The van der Waals surface area contributed by atoms with Crippen LogP contribution in [-0.4, -0.2) is 23.0 Å². The molecule has 6 heteroatoms. The van der Waals surface area contributed by atoms with Gasteiger partial charge in [0.2, 0.25) is 5.91 Å². The van der Waals surface area contributed by atoms with Crippen LogP contribution in [0.5, 0.6) is 0 Å². The van der Waals surface area contributed by atoms with Crippen molar-refractivity contribution in [2.45, 2.75) is 39.0 Å². The van der Waals surface area contributed by atoms with Gasteiger partial charge >= 0.3 is 6.09 Å². The van der Waals surface area contributed by atoms with E-state index in [2.05, 4.69) is 15.6 Å². The molecule has 0 aliphatic heterocycles. The van der Waals surface area contributed by atoms with Gasteiger partial charge in [0.05, 0.1) is 6.04 Å². The first kappa shape index (κ1) is 23.1. The van der Waals surface area contributed by atoms with Crippen molar-refractivity contribution >= 4 is 22.9 Å². The number of aryl methyl sites for hydroxylation is 1. The first-order valence-corrected chi connectivity index (χ1v) is 11.4. The summed E-state index contributed by atoms with van der Waals surface area (Å²) < 4.78 is 5.38. The number of alkyl carbamates (subject to hydrolysis) is 1. The fourth-order valence-corrected chi connectivity index (χ4v) is 3.89. The van der Waals surface area contributed by atoms with E-state index in [1.165, 1.54) is 0 Å². The number of benzene rings is 3. The van der Waals surface area contributed by atoms with Crippen LogP contribution in [0.15, 0.2) is 85.1 Å². The second-order valence-electron chi connectivity index (χ2n) is 8.46. The summed E-state index contributed by atoms with van der Waals surface area (Å²) in [4.78, 5) is 29.1. The Morgan fingerprint density at radius 1 is 0.912 bits per heavy atom. The van der Waals surface area contributed by atoms with E-state index in [9.17, 15) is 9.59 Å². The number of fused-ring (bicyclic) bond motifs is 1. The van der Waals surface area contributed by atoms with Crippen LogP contribution in [0.3, 0.4) is 0 Å². The zero-order chi connectivity index (χ0) is 23.9. The van der Waals surface area contributed by atoms with Crippen LogP contribution >= 0.6 is 0 Å². The van der Waals surface area contributed by atoms with Crippen molar-refractivity contribution in [1.82, 2.24) is 15.6 Å². The van der Waals surface area contributed by atoms with E-state index < -0.39 is 12.1 Å². The van der Waals surface area contributed by atoms with E-state index in [1.54, 1.807) is 0 Å². The van der Waals surface area contributed by atoms with Gasteiger partial charge in [-0.25, -0.2) is 4.79 Å². The maximum Gasteiger partial charge on any atom is 0.408 e. The Hall–Kier alpha value is -4.06. The Morgan fingerprint density at radius 3 is 2.38 bits per heavy atom. The molecule has 4 aromatic rings. The van der Waals surface area contributed by atoms with Crippen molar-refractivity contribution in [3.05, 3.63) is 107 Å². The van der Waals surface area contributed by atoms with Crippen LogP contribution in [0.2, 0.25) is 0 Å². The molecule has 174 valence electrons. The normalized spacial score (nSPS) is 12.6. The molecule has 3 aromatic carbocycles. The van der Waals surface area contributed by atoms with Crippen LogP contribution in [0.4, 0.5) is 4.79 Å². The molecule has 4 rings (SSSR count). The van der Waals surface area contributed by atoms with Gasteiger partial charge < -0.3 is 20.4 Å². The molecule has 0 radical (unpaired) electrons. The highest BCUT2D eigenvalue weighted by molar-refractivity contribution is 5.88. The predicted molar refractivity (Wildman–Crippen MR) is 133 cm³/mol. The monoisotopic (exact) mass is 455 g/mol. The second-order valence-corrected chi connectivity index (χ2v) is 8.46. The van der Waals surface area contributed by atoms with Gasteiger partial charge in [-0.1, -0.05) is 78.4 Å². The Bertz CT molecular complexity index is 1250. The molecule has 0 aliphatic rings. The smallest absolute Gasteiger partial charge is 0.408 e. The standard InChI is InChI=1S/C28H29N3O3/c1-19-12-14-22(15-13-19)20(2)30-27(32)26(16-23-17-29-25-11-7-6-10-24(23)25)31-28(33)34-18-21-8-4-3-5-9-21/h3-15,17,20,26,29H,16,18H2,1-2H3,(H,30,32)(H,31,33). The van der Waals surface area contributed by atoms with Crippen LogP contribution < -0.4 is 10.6 Å². The first-order chi connectivity index (χ1) is 16.5. The maximum atomic E-state index is 13.3. The zero-order valence-electron chi connectivity index (χ0n) is 19.4. The highest BCUT2D eigenvalue weighted by Crippen LogP contribution is 2.20. The topological polar surface area (TPSA) is 83.2 Å². The quantitative estimate of drug-likeness (QED) is 0.342. The fourth-order valence-electron chi connectivity index (χ4n) is 3.89. The van der Waals surface area contributed by atoms with Gasteiger partial charge in [0.15, 0.2) is 0 Å². The third kappa shape index (κ3) is 5.84. The Morgan fingerprint density at radius 2 is 1.62 bits per heavy atom. The average Bonchev–Trinajstić information content (AvgIpc) is 3.26. The number of hydrogen-bond acceptors (Lipinski definition) is 3. The minimum absolute atomic E-state index is 0.133. The van der Waals surface area contributed by atoms with Crippen molar-refractivity contribution in [1.29, 1.82) is 0 Å². The number of H-pyrrole nitrogens is 1. The molecule has 0 fully saturated rings. The van der Waals surface area contributed by atoms with E-state index in [0.29, 0.717) is 6.42 Å². The van der Waals surface area contributed by atoms with Crippen molar-refractivity contribution < 1.29 is 14.3 Å². The van der Waals surface area contributed by atoms with Gasteiger partial charge in [0, 0.05) is 23.5 Å². The molecule has 0 saturated heterocycles. The van der Waals surface area contributed by atoms with E-state index in [1.807, 2.05) is 98.9 Å². The molecule has 34 heavy (non-hydrogen) atoms. The number of rotatable bonds is 8. The highest BCUT2D eigenvalue weighted by atomic mass is 16.5. The lowest BCUT2D eigenvalue weighted by atomic mass is 10.0.